The van der Waals surface area contributed by atoms with Crippen LogP contribution in [0.4, 0.5) is 0 Å². The molecule has 0 amide bonds. The largest absolute Gasteiger partial charge is 0.325 e. The molecule has 0 spiro atoms. The lowest BCUT2D eigenvalue weighted by Gasteiger charge is -2.40. The standard InChI is InChI=1S/C17H22BrN/c18-13-6-4-11(5-7-13)9-17(19)10-12-8-16(17)15-3-1-2-14(12)15/h4-7,12,14-16H,1-3,8-10,19H2. The predicted molar refractivity (Wildman–Crippen MR) is 81.8 cm³/mol. The molecule has 0 saturated heterocycles. The molecule has 2 heteroatoms. The third-order valence-corrected chi connectivity index (χ3v) is 6.66. The lowest BCUT2D eigenvalue weighted by Crippen LogP contribution is -2.50. The summed E-state index contributed by atoms with van der Waals surface area (Å²) in [6.45, 7) is 0. The van der Waals surface area contributed by atoms with E-state index in [1.165, 1.54) is 37.7 Å². The molecule has 2 bridgehead atoms. The maximum atomic E-state index is 6.86. The average molecular weight is 320 g/mol. The summed E-state index contributed by atoms with van der Waals surface area (Å²) in [4.78, 5) is 0. The Morgan fingerprint density at radius 1 is 1.16 bits per heavy atom. The van der Waals surface area contributed by atoms with Crippen LogP contribution < -0.4 is 5.73 Å². The number of nitrogens with two attached hydrogens (primary N) is 1. The molecule has 4 rings (SSSR count). The normalized spacial score (nSPS) is 43.7. The first kappa shape index (κ1) is 12.4. The van der Waals surface area contributed by atoms with E-state index < -0.39 is 0 Å². The van der Waals surface area contributed by atoms with Gasteiger partial charge in [0, 0.05) is 10.0 Å². The van der Waals surface area contributed by atoms with Crippen molar-refractivity contribution in [1.82, 2.24) is 0 Å². The van der Waals surface area contributed by atoms with Crippen molar-refractivity contribution in [2.45, 2.75) is 44.1 Å². The van der Waals surface area contributed by atoms with E-state index in [-0.39, 0.29) is 5.54 Å². The van der Waals surface area contributed by atoms with Crippen molar-refractivity contribution in [3.8, 4) is 0 Å². The van der Waals surface area contributed by atoms with E-state index in [2.05, 4.69) is 40.2 Å². The average Bonchev–Trinajstić information content (AvgIpc) is 3.02. The minimum atomic E-state index is 0.0873. The second kappa shape index (κ2) is 4.33. The van der Waals surface area contributed by atoms with Crippen molar-refractivity contribution in [3.05, 3.63) is 34.3 Å². The number of hydrogen-bond donors (Lipinski definition) is 1. The van der Waals surface area contributed by atoms with Gasteiger partial charge in [-0.3, -0.25) is 0 Å². The molecule has 0 aromatic heterocycles. The summed E-state index contributed by atoms with van der Waals surface area (Å²) in [5.74, 6) is 3.73. The Morgan fingerprint density at radius 2 is 1.89 bits per heavy atom. The number of benzene rings is 1. The summed E-state index contributed by atoms with van der Waals surface area (Å²) in [6.07, 6.45) is 8.16. The van der Waals surface area contributed by atoms with Crippen molar-refractivity contribution in [3.63, 3.8) is 0 Å². The highest BCUT2D eigenvalue weighted by Gasteiger charge is 2.58. The van der Waals surface area contributed by atoms with Gasteiger partial charge in [0.2, 0.25) is 0 Å². The molecule has 2 N–H and O–H groups in total. The molecule has 5 atom stereocenters. The molecule has 0 heterocycles. The van der Waals surface area contributed by atoms with Crippen LogP contribution >= 0.6 is 15.9 Å². The van der Waals surface area contributed by atoms with Crippen LogP contribution in [0.15, 0.2) is 28.7 Å². The van der Waals surface area contributed by atoms with Gasteiger partial charge >= 0.3 is 0 Å². The van der Waals surface area contributed by atoms with Gasteiger partial charge in [-0.15, -0.1) is 0 Å². The number of fused-ring (bicyclic) bond motifs is 5. The van der Waals surface area contributed by atoms with Gasteiger partial charge in [0.05, 0.1) is 0 Å². The molecule has 3 aliphatic carbocycles. The fourth-order valence-electron chi connectivity index (χ4n) is 5.50. The van der Waals surface area contributed by atoms with Crippen LogP contribution in [-0.4, -0.2) is 5.54 Å². The third-order valence-electron chi connectivity index (χ3n) is 6.13. The molecule has 1 nitrogen and oxygen atoms in total. The summed E-state index contributed by atoms with van der Waals surface area (Å²) in [6, 6.07) is 8.75. The minimum absolute atomic E-state index is 0.0873. The molecule has 19 heavy (non-hydrogen) atoms. The molecular weight excluding hydrogens is 298 g/mol. The van der Waals surface area contributed by atoms with E-state index in [4.69, 9.17) is 5.73 Å². The van der Waals surface area contributed by atoms with Crippen molar-refractivity contribution < 1.29 is 0 Å². The van der Waals surface area contributed by atoms with Crippen LogP contribution in [0.2, 0.25) is 0 Å². The summed E-state index contributed by atoms with van der Waals surface area (Å²) in [5, 5.41) is 0. The fourth-order valence-corrected chi connectivity index (χ4v) is 5.76. The van der Waals surface area contributed by atoms with Crippen LogP contribution in [0.5, 0.6) is 0 Å². The minimum Gasteiger partial charge on any atom is -0.325 e. The first-order valence-corrected chi connectivity index (χ1v) is 8.48. The van der Waals surface area contributed by atoms with E-state index >= 15 is 0 Å². The van der Waals surface area contributed by atoms with E-state index in [1.807, 2.05) is 0 Å². The smallest absolute Gasteiger partial charge is 0.0229 e. The Balaban J connectivity index is 1.56. The van der Waals surface area contributed by atoms with Crippen molar-refractivity contribution in [1.29, 1.82) is 0 Å². The van der Waals surface area contributed by atoms with Crippen LogP contribution in [-0.2, 0) is 6.42 Å². The molecule has 3 fully saturated rings. The van der Waals surface area contributed by atoms with Crippen LogP contribution in [0.25, 0.3) is 0 Å². The van der Waals surface area contributed by atoms with E-state index in [9.17, 15) is 0 Å². The Hall–Kier alpha value is -0.340. The van der Waals surface area contributed by atoms with Gasteiger partial charge in [0.15, 0.2) is 0 Å². The predicted octanol–water partition coefficient (Wildman–Crippen LogP) is 4.15. The van der Waals surface area contributed by atoms with Gasteiger partial charge in [-0.1, -0.05) is 34.5 Å². The Labute approximate surface area is 124 Å². The second-order valence-corrected chi connectivity index (χ2v) is 8.02. The second-order valence-electron chi connectivity index (χ2n) is 7.10. The zero-order valence-corrected chi connectivity index (χ0v) is 12.9. The summed E-state index contributed by atoms with van der Waals surface area (Å²) < 4.78 is 1.16. The fraction of sp³-hybridized carbons (Fsp3) is 0.647. The SMILES string of the molecule is NC1(Cc2ccc(Br)cc2)CC2CC1C1CCCC21. The molecule has 3 saturated carbocycles. The maximum absolute atomic E-state index is 6.86. The van der Waals surface area contributed by atoms with Crippen molar-refractivity contribution >= 4 is 15.9 Å². The zero-order valence-electron chi connectivity index (χ0n) is 11.3. The van der Waals surface area contributed by atoms with Gasteiger partial charge < -0.3 is 5.73 Å². The van der Waals surface area contributed by atoms with Gasteiger partial charge in [0.1, 0.15) is 0 Å². The zero-order chi connectivity index (χ0) is 13.0. The molecule has 5 unspecified atom stereocenters. The molecule has 0 radical (unpaired) electrons. The van der Waals surface area contributed by atoms with Crippen LogP contribution in [0, 0.1) is 23.7 Å². The first-order chi connectivity index (χ1) is 9.16. The summed E-state index contributed by atoms with van der Waals surface area (Å²) >= 11 is 3.51. The number of rotatable bonds is 2. The maximum Gasteiger partial charge on any atom is 0.0229 e. The van der Waals surface area contributed by atoms with Crippen molar-refractivity contribution in [2.75, 3.05) is 0 Å². The molecule has 3 aliphatic rings. The van der Waals surface area contributed by atoms with E-state index in [0.717, 1.165) is 34.6 Å². The third kappa shape index (κ3) is 1.91. The highest BCUT2D eigenvalue weighted by atomic mass is 79.9. The first-order valence-electron chi connectivity index (χ1n) is 7.69. The van der Waals surface area contributed by atoms with E-state index in [0.29, 0.717) is 0 Å². The van der Waals surface area contributed by atoms with Gasteiger partial charge in [-0.2, -0.15) is 0 Å². The Bertz CT molecular complexity index is 483. The topological polar surface area (TPSA) is 26.0 Å². The highest BCUT2D eigenvalue weighted by Crippen LogP contribution is 2.62. The number of hydrogen-bond acceptors (Lipinski definition) is 1. The van der Waals surface area contributed by atoms with Crippen molar-refractivity contribution in [2.24, 2.45) is 29.4 Å². The molecule has 0 aliphatic heterocycles. The Kier molecular flexibility index (Phi) is 2.82. The lowest BCUT2D eigenvalue weighted by atomic mass is 9.69. The Morgan fingerprint density at radius 3 is 2.68 bits per heavy atom. The lowest BCUT2D eigenvalue weighted by molar-refractivity contribution is 0.156. The van der Waals surface area contributed by atoms with Gasteiger partial charge in [0.25, 0.3) is 0 Å². The molecule has 1 aromatic rings. The highest BCUT2D eigenvalue weighted by molar-refractivity contribution is 9.10. The molecule has 1 aromatic carbocycles. The summed E-state index contributed by atoms with van der Waals surface area (Å²) in [5.41, 5.74) is 8.36. The van der Waals surface area contributed by atoms with Gasteiger partial charge in [-0.05, 0) is 73.5 Å². The summed E-state index contributed by atoms with van der Waals surface area (Å²) in [7, 11) is 0. The quantitative estimate of drug-likeness (QED) is 0.870. The molecular formula is C17H22BrN. The van der Waals surface area contributed by atoms with Crippen LogP contribution in [0.3, 0.4) is 0 Å². The van der Waals surface area contributed by atoms with Crippen LogP contribution in [0.1, 0.15) is 37.7 Å². The monoisotopic (exact) mass is 319 g/mol. The van der Waals surface area contributed by atoms with Gasteiger partial charge in [-0.25, -0.2) is 0 Å². The number of halogens is 1. The molecule has 102 valence electrons. The van der Waals surface area contributed by atoms with E-state index in [1.54, 1.807) is 0 Å².